The second kappa shape index (κ2) is 7.77. The molecule has 0 saturated carbocycles. The fourth-order valence-corrected chi connectivity index (χ4v) is 3.39. The Bertz CT molecular complexity index is 776. The highest BCUT2D eigenvalue weighted by molar-refractivity contribution is 5.81. The van der Waals surface area contributed by atoms with Crippen LogP contribution in [0.25, 0.3) is 0 Å². The zero-order chi connectivity index (χ0) is 22.2. The fraction of sp³-hybridized carbons (Fsp3) is 0.600. The largest absolute Gasteiger partial charge is 0.300 e. The lowest BCUT2D eigenvalue weighted by molar-refractivity contribution is -0.395. The first-order chi connectivity index (χ1) is 12.6. The Balaban J connectivity index is 3.98. The molecule has 0 N–H and O–H groups in total. The number of Topliss-reactive ketones (excluding diaryl/α,β-unsaturated/α-hetero) is 2. The van der Waals surface area contributed by atoms with Crippen LogP contribution in [0.5, 0.6) is 0 Å². The smallest absolute Gasteiger partial charge is 0.280 e. The molecular weight excluding hydrogens is 364 g/mol. The number of hydrogen-bond acceptors (Lipinski definition) is 6. The molecule has 0 fully saturated rings. The molecule has 0 aliphatic heterocycles. The van der Waals surface area contributed by atoms with Gasteiger partial charge in [-0.25, -0.2) is 0 Å². The third kappa shape index (κ3) is 4.10. The molecule has 154 valence electrons. The molecule has 2 atom stereocenters. The van der Waals surface area contributed by atoms with Crippen molar-refractivity contribution in [3.05, 3.63) is 43.5 Å². The van der Waals surface area contributed by atoms with E-state index in [2.05, 4.69) is 0 Å². The number of hydrogen-bond donors (Lipinski definition) is 0. The molecule has 0 amide bonds. The first-order valence-electron chi connectivity index (χ1n) is 9.05. The van der Waals surface area contributed by atoms with Crippen LogP contribution in [0.2, 0.25) is 0 Å². The molecule has 0 aliphatic carbocycles. The van der Waals surface area contributed by atoms with Gasteiger partial charge >= 0.3 is 0 Å². The summed E-state index contributed by atoms with van der Waals surface area (Å²) in [4.78, 5) is 46.0. The van der Waals surface area contributed by atoms with Gasteiger partial charge < -0.3 is 0 Å². The van der Waals surface area contributed by atoms with E-state index >= 15 is 0 Å². The Kier molecular flexibility index (Phi) is 6.49. The van der Waals surface area contributed by atoms with Crippen LogP contribution in [0.3, 0.4) is 0 Å². The molecule has 1 rings (SSSR count). The summed E-state index contributed by atoms with van der Waals surface area (Å²) < 4.78 is 0. The lowest BCUT2D eigenvalue weighted by Gasteiger charge is -2.34. The molecule has 0 saturated heterocycles. The van der Waals surface area contributed by atoms with Gasteiger partial charge in [0.25, 0.3) is 11.4 Å². The molecule has 8 heteroatoms. The summed E-state index contributed by atoms with van der Waals surface area (Å²) in [5.74, 6) is -1.38. The highest BCUT2D eigenvalue weighted by Crippen LogP contribution is 2.45. The highest BCUT2D eigenvalue weighted by Gasteiger charge is 2.43. The van der Waals surface area contributed by atoms with Crippen molar-refractivity contribution in [2.24, 2.45) is 11.8 Å². The molecule has 0 bridgehead atoms. The van der Waals surface area contributed by atoms with Gasteiger partial charge in [0.1, 0.15) is 11.6 Å². The molecule has 0 aliphatic rings. The van der Waals surface area contributed by atoms with Crippen LogP contribution in [0, 0.1) is 32.1 Å². The maximum Gasteiger partial charge on any atom is 0.280 e. The minimum atomic E-state index is -0.937. The van der Waals surface area contributed by atoms with E-state index in [1.54, 1.807) is 41.5 Å². The van der Waals surface area contributed by atoms with Gasteiger partial charge in [-0.3, -0.25) is 29.8 Å². The lowest BCUT2D eigenvalue weighted by atomic mass is 9.67. The van der Waals surface area contributed by atoms with Crippen molar-refractivity contribution in [3.8, 4) is 0 Å². The maximum atomic E-state index is 12.0. The summed E-state index contributed by atoms with van der Waals surface area (Å²) in [6.07, 6.45) is 0. The monoisotopic (exact) mass is 392 g/mol. The van der Waals surface area contributed by atoms with Crippen LogP contribution in [0.4, 0.5) is 11.4 Å². The Morgan fingerprint density at radius 2 is 1.07 bits per heavy atom. The van der Waals surface area contributed by atoms with Gasteiger partial charge in [-0.05, 0) is 19.9 Å². The Labute approximate surface area is 164 Å². The molecule has 8 nitrogen and oxygen atoms in total. The summed E-state index contributed by atoms with van der Waals surface area (Å²) in [5.41, 5.74) is -2.20. The number of nitrogens with zero attached hydrogens (tertiary/aromatic N) is 2. The Morgan fingerprint density at radius 1 is 0.786 bits per heavy atom. The minimum absolute atomic E-state index is 0.143. The number of benzene rings is 1. The normalized spacial score (nSPS) is 14.3. The zero-order valence-electron chi connectivity index (χ0n) is 17.7. The van der Waals surface area contributed by atoms with Crippen molar-refractivity contribution >= 4 is 22.9 Å². The van der Waals surface area contributed by atoms with E-state index in [4.69, 9.17) is 0 Å². The highest BCUT2D eigenvalue weighted by atomic mass is 16.6. The number of ketones is 2. The van der Waals surface area contributed by atoms with E-state index in [9.17, 15) is 29.8 Å². The molecule has 2 unspecified atom stereocenters. The summed E-state index contributed by atoms with van der Waals surface area (Å²) in [5, 5.41) is 23.4. The van der Waals surface area contributed by atoms with E-state index in [1.807, 2.05) is 0 Å². The standard InChI is InChI=1S/C20H28N2O6/c1-11(13(3)23)19(5,6)15-9-16(20(7,8)12(2)14(4)24)18(22(27)28)10-17(15)21(25)26/h9-12H,1-8H3. The molecule has 0 heterocycles. The van der Waals surface area contributed by atoms with Crippen LogP contribution in [-0.4, -0.2) is 21.4 Å². The summed E-state index contributed by atoms with van der Waals surface area (Å²) in [6.45, 7) is 13.0. The van der Waals surface area contributed by atoms with Crippen LogP contribution >= 0.6 is 0 Å². The topological polar surface area (TPSA) is 120 Å². The predicted molar refractivity (Wildman–Crippen MR) is 105 cm³/mol. The van der Waals surface area contributed by atoms with Crippen molar-refractivity contribution in [1.82, 2.24) is 0 Å². The Hall–Kier alpha value is -2.64. The molecule has 0 spiro atoms. The van der Waals surface area contributed by atoms with E-state index in [-0.39, 0.29) is 22.7 Å². The van der Waals surface area contributed by atoms with Gasteiger partial charge in [-0.1, -0.05) is 41.5 Å². The molecule has 1 aromatic rings. The van der Waals surface area contributed by atoms with Crippen LogP contribution in [0.1, 0.15) is 66.5 Å². The van der Waals surface area contributed by atoms with Crippen molar-refractivity contribution in [2.45, 2.75) is 66.2 Å². The average molecular weight is 392 g/mol. The third-order valence-electron chi connectivity index (χ3n) is 6.28. The minimum Gasteiger partial charge on any atom is -0.300 e. The van der Waals surface area contributed by atoms with E-state index in [0.717, 1.165) is 6.07 Å². The molecule has 0 aromatic heterocycles. The summed E-state index contributed by atoms with van der Waals surface area (Å²) in [7, 11) is 0. The van der Waals surface area contributed by atoms with E-state index < -0.39 is 43.9 Å². The fourth-order valence-electron chi connectivity index (χ4n) is 3.39. The van der Waals surface area contributed by atoms with Crippen LogP contribution < -0.4 is 0 Å². The zero-order valence-corrected chi connectivity index (χ0v) is 17.7. The van der Waals surface area contributed by atoms with Gasteiger partial charge in [0.2, 0.25) is 0 Å². The number of nitro benzene ring substituents is 2. The number of carbonyl (C=O) groups excluding carboxylic acids is 2. The van der Waals surface area contributed by atoms with Crippen molar-refractivity contribution in [1.29, 1.82) is 0 Å². The van der Waals surface area contributed by atoms with Crippen molar-refractivity contribution < 1.29 is 19.4 Å². The number of rotatable bonds is 8. The number of carbonyl (C=O) groups is 2. The van der Waals surface area contributed by atoms with Crippen molar-refractivity contribution in [3.63, 3.8) is 0 Å². The predicted octanol–water partition coefficient (Wildman–Crippen LogP) is 4.51. The van der Waals surface area contributed by atoms with Gasteiger partial charge in [0.15, 0.2) is 0 Å². The Morgan fingerprint density at radius 3 is 1.29 bits per heavy atom. The lowest BCUT2D eigenvalue weighted by Crippen LogP contribution is -2.35. The van der Waals surface area contributed by atoms with Gasteiger partial charge in [0.05, 0.1) is 15.9 Å². The number of nitro groups is 2. The summed E-state index contributed by atoms with van der Waals surface area (Å²) in [6, 6.07) is 2.39. The quantitative estimate of drug-likeness (QED) is 0.474. The van der Waals surface area contributed by atoms with Gasteiger partial charge in [-0.15, -0.1) is 0 Å². The van der Waals surface area contributed by atoms with Crippen LogP contribution in [0.15, 0.2) is 12.1 Å². The van der Waals surface area contributed by atoms with E-state index in [1.165, 1.54) is 19.9 Å². The van der Waals surface area contributed by atoms with Crippen molar-refractivity contribution in [2.75, 3.05) is 0 Å². The van der Waals surface area contributed by atoms with E-state index in [0.29, 0.717) is 0 Å². The average Bonchev–Trinajstić information content (AvgIpc) is 2.58. The molecule has 0 radical (unpaired) electrons. The molecular formula is C20H28N2O6. The SMILES string of the molecule is CC(=O)C(C)C(C)(C)c1cc(C(C)(C)C(C)C(C)=O)c([N+](=O)[O-])cc1[N+](=O)[O-]. The third-order valence-corrected chi connectivity index (χ3v) is 6.28. The molecule has 1 aromatic carbocycles. The second-order valence-corrected chi connectivity index (χ2v) is 8.51. The van der Waals surface area contributed by atoms with Crippen LogP contribution in [-0.2, 0) is 20.4 Å². The van der Waals surface area contributed by atoms with Gasteiger partial charge in [0, 0.05) is 33.8 Å². The first kappa shape index (κ1) is 23.4. The molecule has 28 heavy (non-hydrogen) atoms. The summed E-state index contributed by atoms with van der Waals surface area (Å²) >= 11 is 0. The first-order valence-corrected chi connectivity index (χ1v) is 9.05. The van der Waals surface area contributed by atoms with Gasteiger partial charge in [-0.2, -0.15) is 0 Å². The maximum absolute atomic E-state index is 12.0. The second-order valence-electron chi connectivity index (χ2n) is 8.51.